The first-order valence-corrected chi connectivity index (χ1v) is 10.2. The highest BCUT2D eigenvalue weighted by Gasteiger charge is 2.54. The van der Waals surface area contributed by atoms with Crippen molar-refractivity contribution in [3.8, 4) is 5.75 Å². The molecule has 2 aromatic rings. The van der Waals surface area contributed by atoms with Crippen molar-refractivity contribution >= 4 is 58.1 Å². The quantitative estimate of drug-likeness (QED) is 0.217. The Morgan fingerprint density at radius 3 is 2.30 bits per heavy atom. The molecule has 0 aromatic heterocycles. The first-order chi connectivity index (χ1) is 14.2. The van der Waals surface area contributed by atoms with Crippen LogP contribution in [0, 0.1) is 0 Å². The highest BCUT2D eigenvalue weighted by Crippen LogP contribution is 2.62. The van der Waals surface area contributed by atoms with Crippen molar-refractivity contribution in [1.29, 1.82) is 0 Å². The maximum absolute atomic E-state index is 11.6. The number of carboxylic acid groups (broad SMARTS) is 1. The topological polar surface area (TPSA) is 77.4 Å². The number of nitrogens with zero attached hydrogens (tertiary/aromatic N) is 1. The van der Waals surface area contributed by atoms with Crippen molar-refractivity contribution in [1.82, 2.24) is 0 Å². The molecule has 10 heteroatoms. The highest BCUT2D eigenvalue weighted by molar-refractivity contribution is 6.52. The predicted octanol–water partition coefficient (Wildman–Crippen LogP) is 5.81. The number of oxime groups is 1. The molecular formula is C20H17Cl4NO5. The number of carbonyl (C=O) groups is 1. The van der Waals surface area contributed by atoms with Crippen LogP contribution in [0.3, 0.4) is 0 Å². The molecule has 1 fully saturated rings. The van der Waals surface area contributed by atoms with Crippen molar-refractivity contribution < 1.29 is 24.2 Å². The first kappa shape index (κ1) is 23.0. The highest BCUT2D eigenvalue weighted by atomic mass is 35.5. The lowest BCUT2D eigenvalue weighted by Crippen LogP contribution is -2.20. The number of benzene rings is 2. The van der Waals surface area contributed by atoms with Gasteiger partial charge in [-0.25, -0.2) is 4.79 Å². The van der Waals surface area contributed by atoms with Gasteiger partial charge < -0.3 is 19.4 Å². The normalized spacial score (nSPS) is 18.6. The lowest BCUT2D eigenvalue weighted by atomic mass is 10.0. The first-order valence-electron chi connectivity index (χ1n) is 8.69. The zero-order chi connectivity index (χ0) is 22.1. The van der Waals surface area contributed by atoms with Gasteiger partial charge in [0.05, 0.1) is 0 Å². The van der Waals surface area contributed by atoms with E-state index in [0.29, 0.717) is 33.3 Å². The van der Waals surface area contributed by atoms with E-state index in [4.69, 9.17) is 55.9 Å². The fourth-order valence-electron chi connectivity index (χ4n) is 3.06. The van der Waals surface area contributed by atoms with Crippen LogP contribution in [-0.4, -0.2) is 35.3 Å². The summed E-state index contributed by atoms with van der Waals surface area (Å²) >= 11 is 25.1. The monoisotopic (exact) mass is 491 g/mol. The van der Waals surface area contributed by atoms with Crippen LogP contribution in [-0.2, 0) is 14.4 Å². The van der Waals surface area contributed by atoms with Crippen LogP contribution < -0.4 is 4.74 Å². The fourth-order valence-corrected chi connectivity index (χ4v) is 4.32. The maximum atomic E-state index is 11.6. The van der Waals surface area contributed by atoms with E-state index in [-0.39, 0.29) is 17.2 Å². The molecule has 160 valence electrons. The molecular weight excluding hydrogens is 476 g/mol. The SMILES string of the molecule is CON=C(C(=O)O)c1ccccc1C(OC)Oc1cc(Cl)c(C2CC2(Cl)Cl)c(Cl)c1. The summed E-state index contributed by atoms with van der Waals surface area (Å²) in [7, 11) is 2.68. The molecule has 0 amide bonds. The number of hydrogen-bond acceptors (Lipinski definition) is 5. The molecule has 0 saturated heterocycles. The molecule has 1 aliphatic rings. The number of ether oxygens (including phenoxy) is 2. The molecule has 1 saturated carbocycles. The molecule has 0 heterocycles. The van der Waals surface area contributed by atoms with E-state index in [1.807, 2.05) is 0 Å². The molecule has 30 heavy (non-hydrogen) atoms. The van der Waals surface area contributed by atoms with Crippen LogP contribution in [0.4, 0.5) is 0 Å². The minimum Gasteiger partial charge on any atom is -0.476 e. The Balaban J connectivity index is 1.94. The van der Waals surface area contributed by atoms with Gasteiger partial charge in [0.1, 0.15) is 17.2 Å². The zero-order valence-electron chi connectivity index (χ0n) is 15.9. The van der Waals surface area contributed by atoms with Crippen LogP contribution in [0.25, 0.3) is 0 Å². The Kier molecular flexibility index (Phi) is 7.05. The summed E-state index contributed by atoms with van der Waals surface area (Å²) in [5.41, 5.74) is 1.07. The molecule has 3 rings (SSSR count). The molecule has 0 spiro atoms. The Bertz CT molecular complexity index is 972. The van der Waals surface area contributed by atoms with Crippen LogP contribution in [0.5, 0.6) is 5.75 Å². The lowest BCUT2D eigenvalue weighted by molar-refractivity contribution is -0.129. The minimum absolute atomic E-state index is 0.155. The summed E-state index contributed by atoms with van der Waals surface area (Å²) in [6.07, 6.45) is -0.415. The van der Waals surface area contributed by atoms with Crippen molar-refractivity contribution in [2.45, 2.75) is 23.0 Å². The van der Waals surface area contributed by atoms with Gasteiger partial charge in [-0.3, -0.25) is 0 Å². The number of aliphatic carboxylic acids is 1. The van der Waals surface area contributed by atoms with Gasteiger partial charge in [0.25, 0.3) is 0 Å². The summed E-state index contributed by atoms with van der Waals surface area (Å²) < 4.78 is 10.5. The van der Waals surface area contributed by atoms with Crippen molar-refractivity contribution in [3.05, 3.63) is 63.1 Å². The van der Waals surface area contributed by atoms with Crippen LogP contribution in [0.15, 0.2) is 41.6 Å². The third-order valence-electron chi connectivity index (χ3n) is 4.54. The van der Waals surface area contributed by atoms with Gasteiger partial charge in [-0.05, 0) is 24.1 Å². The zero-order valence-corrected chi connectivity index (χ0v) is 18.9. The van der Waals surface area contributed by atoms with Gasteiger partial charge in [-0.15, -0.1) is 23.2 Å². The van der Waals surface area contributed by atoms with Crippen LogP contribution in [0.2, 0.25) is 10.0 Å². The summed E-state index contributed by atoms with van der Waals surface area (Å²) in [6.45, 7) is 0. The van der Waals surface area contributed by atoms with Gasteiger partial charge in [0.15, 0.2) is 5.71 Å². The third-order valence-corrected chi connectivity index (χ3v) is 6.00. The summed E-state index contributed by atoms with van der Waals surface area (Å²) in [4.78, 5) is 16.3. The largest absolute Gasteiger partial charge is 0.476 e. The predicted molar refractivity (Wildman–Crippen MR) is 116 cm³/mol. The number of halogens is 4. The van der Waals surface area contributed by atoms with E-state index < -0.39 is 16.6 Å². The summed E-state index contributed by atoms with van der Waals surface area (Å²) in [6, 6.07) is 9.80. The van der Waals surface area contributed by atoms with Gasteiger partial charge in [0.2, 0.25) is 6.29 Å². The molecule has 1 aliphatic carbocycles. The Hall–Kier alpha value is -1.70. The second-order valence-corrected chi connectivity index (χ2v) is 8.88. The second-order valence-electron chi connectivity index (χ2n) is 6.52. The smallest absolute Gasteiger partial charge is 0.358 e. The van der Waals surface area contributed by atoms with E-state index in [2.05, 4.69) is 9.99 Å². The molecule has 2 unspecified atom stereocenters. The minimum atomic E-state index is -1.26. The Labute approximate surface area is 193 Å². The molecule has 2 atom stereocenters. The van der Waals surface area contributed by atoms with E-state index in [1.165, 1.54) is 14.2 Å². The molecule has 0 aliphatic heterocycles. The maximum Gasteiger partial charge on any atom is 0.358 e. The van der Waals surface area contributed by atoms with Crippen molar-refractivity contribution in [2.24, 2.45) is 5.16 Å². The van der Waals surface area contributed by atoms with Gasteiger partial charge in [0, 0.05) is 34.2 Å². The van der Waals surface area contributed by atoms with Gasteiger partial charge >= 0.3 is 5.97 Å². The van der Waals surface area contributed by atoms with Crippen LogP contribution >= 0.6 is 46.4 Å². The van der Waals surface area contributed by atoms with Gasteiger partial charge in [-0.1, -0.05) is 52.6 Å². The Morgan fingerprint density at radius 1 is 1.20 bits per heavy atom. The van der Waals surface area contributed by atoms with Crippen LogP contribution in [0.1, 0.15) is 35.3 Å². The second kappa shape index (κ2) is 9.20. The third kappa shape index (κ3) is 4.79. The van der Waals surface area contributed by atoms with E-state index in [0.717, 1.165) is 0 Å². The molecule has 6 nitrogen and oxygen atoms in total. The Morgan fingerprint density at radius 2 is 1.80 bits per heavy atom. The summed E-state index contributed by atoms with van der Waals surface area (Å²) in [5, 5.41) is 13.8. The average molecular weight is 493 g/mol. The fraction of sp³-hybridized carbons (Fsp3) is 0.300. The standard InChI is InChI=1S/C20H17Cl4NO5/c1-28-19(12-6-4-3-5-11(12)17(18(26)27)25-29-2)30-10-7-14(21)16(15(22)8-10)13-9-20(13,23)24/h3-8,13,19H,9H2,1-2H3,(H,26,27). The molecule has 0 bridgehead atoms. The van der Waals surface area contributed by atoms with E-state index >= 15 is 0 Å². The number of alkyl halides is 2. The average Bonchev–Trinajstić information content (AvgIpc) is 3.30. The van der Waals surface area contributed by atoms with E-state index in [1.54, 1.807) is 36.4 Å². The lowest BCUT2D eigenvalue weighted by Gasteiger charge is -2.21. The van der Waals surface area contributed by atoms with Gasteiger partial charge in [-0.2, -0.15) is 0 Å². The van der Waals surface area contributed by atoms with E-state index in [9.17, 15) is 9.90 Å². The molecule has 2 aromatic carbocycles. The number of carboxylic acids is 1. The van der Waals surface area contributed by atoms with Crippen molar-refractivity contribution in [3.63, 3.8) is 0 Å². The van der Waals surface area contributed by atoms with Crippen molar-refractivity contribution in [2.75, 3.05) is 14.2 Å². The molecule has 1 N–H and O–H groups in total. The number of rotatable bonds is 8. The molecule has 0 radical (unpaired) electrons. The number of hydrogen-bond donors (Lipinski definition) is 1. The summed E-state index contributed by atoms with van der Waals surface area (Å²) in [5.74, 6) is -1.09. The number of methoxy groups -OCH3 is 1.